The van der Waals surface area contributed by atoms with Gasteiger partial charge in [-0.1, -0.05) is 13.8 Å². The number of Topliss-reactive ketones (excluding diaryl/α,β-unsaturated/α-hetero) is 1. The Morgan fingerprint density at radius 3 is 2.33 bits per heavy atom. The van der Waals surface area contributed by atoms with E-state index < -0.39 is 5.92 Å². The van der Waals surface area contributed by atoms with Crippen LogP contribution in [-0.2, 0) is 4.79 Å². The minimum atomic E-state index is -2.66. The Morgan fingerprint density at radius 1 is 1.08 bits per heavy atom. The molecule has 5 rings (SSSR count). The first-order chi connectivity index (χ1) is 18.5. The zero-order valence-electron chi connectivity index (χ0n) is 23.5. The normalized spacial score (nSPS) is 26.2. The third-order valence-corrected chi connectivity index (χ3v) is 10.3. The number of nitrogens with one attached hydrogen (secondary N) is 1. The fraction of sp³-hybridized carbons (Fsp3) is 0.724. The highest BCUT2D eigenvalue weighted by molar-refractivity contribution is 7.14. The van der Waals surface area contributed by atoms with Crippen LogP contribution in [0.5, 0.6) is 0 Å². The summed E-state index contributed by atoms with van der Waals surface area (Å²) in [5, 5.41) is 12.0. The maximum absolute atomic E-state index is 13.7. The first kappa shape index (κ1) is 28.3. The van der Waals surface area contributed by atoms with Crippen LogP contribution in [0.1, 0.15) is 123 Å². The van der Waals surface area contributed by atoms with Crippen molar-refractivity contribution in [1.29, 1.82) is 0 Å². The number of aromatic nitrogens is 3. The van der Waals surface area contributed by atoms with Gasteiger partial charge in [0.2, 0.25) is 11.8 Å². The highest BCUT2D eigenvalue weighted by atomic mass is 32.1. The second-order valence-electron chi connectivity index (χ2n) is 12.1. The van der Waals surface area contributed by atoms with Gasteiger partial charge in [0.15, 0.2) is 5.78 Å². The average Bonchev–Trinajstić information content (AvgIpc) is 3.58. The van der Waals surface area contributed by atoms with Gasteiger partial charge in [0, 0.05) is 54.2 Å². The molecule has 1 aliphatic carbocycles. The van der Waals surface area contributed by atoms with Gasteiger partial charge in [-0.25, -0.2) is 8.78 Å². The Labute approximate surface area is 233 Å². The van der Waals surface area contributed by atoms with Crippen molar-refractivity contribution in [3.8, 4) is 0 Å². The SMILES string of the molecule is CC(=O)c1ccc([C@H](CCN2[C@@H]3CC[C@H]2CC(n2c(C)nnc2C(C)C)C3)NC(=O)C2CCC(F)(F)CC2)s1. The van der Waals surface area contributed by atoms with Crippen molar-refractivity contribution < 1.29 is 18.4 Å². The van der Waals surface area contributed by atoms with Crippen LogP contribution in [0.15, 0.2) is 12.1 Å². The van der Waals surface area contributed by atoms with Crippen molar-refractivity contribution in [2.45, 2.75) is 121 Å². The van der Waals surface area contributed by atoms with Gasteiger partial charge in [0.05, 0.1) is 10.9 Å². The molecule has 1 saturated carbocycles. The third kappa shape index (κ3) is 6.11. The molecule has 3 fully saturated rings. The van der Waals surface area contributed by atoms with E-state index >= 15 is 0 Å². The monoisotopic (exact) mass is 561 g/mol. The van der Waals surface area contributed by atoms with Crippen molar-refractivity contribution in [2.75, 3.05) is 6.54 Å². The number of hydrogen-bond donors (Lipinski definition) is 1. The number of rotatable bonds is 9. The number of hydrogen-bond acceptors (Lipinski definition) is 6. The van der Waals surface area contributed by atoms with E-state index in [-0.39, 0.29) is 49.3 Å². The fourth-order valence-electron chi connectivity index (χ4n) is 6.94. The van der Waals surface area contributed by atoms with Crippen LogP contribution in [-0.4, -0.2) is 55.9 Å². The Hall–Kier alpha value is -2.20. The lowest BCUT2D eigenvalue weighted by molar-refractivity contribution is -0.130. The maximum atomic E-state index is 13.7. The van der Waals surface area contributed by atoms with E-state index in [1.807, 2.05) is 19.1 Å². The molecule has 0 radical (unpaired) electrons. The van der Waals surface area contributed by atoms with Gasteiger partial charge in [0.1, 0.15) is 11.6 Å². The topological polar surface area (TPSA) is 80.1 Å². The van der Waals surface area contributed by atoms with E-state index in [9.17, 15) is 18.4 Å². The minimum absolute atomic E-state index is 0.0102. The lowest BCUT2D eigenvalue weighted by Gasteiger charge is -2.40. The predicted molar refractivity (Wildman–Crippen MR) is 147 cm³/mol. The Kier molecular flexibility index (Phi) is 8.25. The summed E-state index contributed by atoms with van der Waals surface area (Å²) in [7, 11) is 0. The van der Waals surface area contributed by atoms with E-state index in [0.717, 1.165) is 42.3 Å². The van der Waals surface area contributed by atoms with Gasteiger partial charge in [-0.15, -0.1) is 21.5 Å². The van der Waals surface area contributed by atoms with Crippen molar-refractivity contribution in [3.05, 3.63) is 33.5 Å². The molecule has 2 bridgehead atoms. The number of piperidine rings is 1. The number of thiophene rings is 1. The average molecular weight is 562 g/mol. The second-order valence-corrected chi connectivity index (χ2v) is 13.2. The molecule has 0 aromatic carbocycles. The van der Waals surface area contributed by atoms with Gasteiger partial charge < -0.3 is 9.88 Å². The molecule has 4 heterocycles. The van der Waals surface area contributed by atoms with Crippen molar-refractivity contribution in [2.24, 2.45) is 5.92 Å². The lowest BCUT2D eigenvalue weighted by Crippen LogP contribution is -2.45. The summed E-state index contributed by atoms with van der Waals surface area (Å²) in [6, 6.07) is 4.88. The van der Waals surface area contributed by atoms with E-state index in [1.54, 1.807) is 6.92 Å². The van der Waals surface area contributed by atoms with Gasteiger partial charge in [-0.05, 0) is 70.9 Å². The molecule has 10 heteroatoms. The van der Waals surface area contributed by atoms with Crippen LogP contribution >= 0.6 is 11.3 Å². The Morgan fingerprint density at radius 2 is 1.74 bits per heavy atom. The van der Waals surface area contributed by atoms with E-state index in [1.165, 1.54) is 24.2 Å². The Bertz CT molecular complexity index is 1170. The number of alkyl halides is 2. The van der Waals surface area contributed by atoms with Crippen molar-refractivity contribution in [3.63, 3.8) is 0 Å². The fourth-order valence-corrected chi connectivity index (χ4v) is 7.93. The first-order valence-corrected chi connectivity index (χ1v) is 15.3. The molecule has 4 atom stereocenters. The van der Waals surface area contributed by atoms with Gasteiger partial charge in [-0.3, -0.25) is 14.5 Å². The summed E-state index contributed by atoms with van der Waals surface area (Å²) < 4.78 is 29.7. The van der Waals surface area contributed by atoms with Crippen LogP contribution < -0.4 is 5.32 Å². The number of ketones is 1. The summed E-state index contributed by atoms with van der Waals surface area (Å²) in [4.78, 5) is 29.4. The molecule has 39 heavy (non-hydrogen) atoms. The van der Waals surface area contributed by atoms with Crippen LogP contribution in [0.25, 0.3) is 0 Å². The van der Waals surface area contributed by atoms with Crippen LogP contribution in [0, 0.1) is 12.8 Å². The molecular formula is C29H41F2N5O2S. The number of carbonyl (C=O) groups is 2. The summed E-state index contributed by atoms with van der Waals surface area (Å²) in [5.41, 5.74) is 0. The quantitative estimate of drug-likeness (QED) is 0.368. The number of carbonyl (C=O) groups excluding carboxylic acids is 2. The molecule has 1 amide bonds. The smallest absolute Gasteiger partial charge is 0.248 e. The van der Waals surface area contributed by atoms with Gasteiger partial charge in [-0.2, -0.15) is 0 Å². The highest BCUT2D eigenvalue weighted by Crippen LogP contribution is 2.43. The molecule has 1 N–H and O–H groups in total. The summed E-state index contributed by atoms with van der Waals surface area (Å²) in [5.74, 6) is -0.796. The highest BCUT2D eigenvalue weighted by Gasteiger charge is 2.43. The van der Waals surface area contributed by atoms with E-state index in [4.69, 9.17) is 0 Å². The zero-order chi connectivity index (χ0) is 27.9. The summed E-state index contributed by atoms with van der Waals surface area (Å²) >= 11 is 1.43. The maximum Gasteiger partial charge on any atom is 0.248 e. The first-order valence-electron chi connectivity index (χ1n) is 14.5. The number of halogens is 2. The molecule has 2 aliphatic heterocycles. The van der Waals surface area contributed by atoms with Crippen molar-refractivity contribution >= 4 is 23.0 Å². The third-order valence-electron chi connectivity index (χ3n) is 9.03. The predicted octanol–water partition coefficient (Wildman–Crippen LogP) is 6.22. The van der Waals surface area contributed by atoms with Crippen molar-refractivity contribution in [1.82, 2.24) is 25.0 Å². The van der Waals surface area contributed by atoms with Gasteiger partial charge in [0.25, 0.3) is 0 Å². The number of fused-ring (bicyclic) bond motifs is 2. The largest absolute Gasteiger partial charge is 0.348 e. The van der Waals surface area contributed by atoms with Crippen LogP contribution in [0.3, 0.4) is 0 Å². The molecule has 7 nitrogen and oxygen atoms in total. The molecular weight excluding hydrogens is 520 g/mol. The molecule has 2 aromatic heterocycles. The second kappa shape index (κ2) is 11.4. The Balaban J connectivity index is 1.27. The summed E-state index contributed by atoms with van der Waals surface area (Å²) in [6.45, 7) is 8.78. The van der Waals surface area contributed by atoms with Crippen LogP contribution in [0.2, 0.25) is 0 Å². The van der Waals surface area contributed by atoms with E-state index in [0.29, 0.717) is 28.9 Å². The molecule has 0 spiro atoms. The molecule has 2 aromatic rings. The number of amides is 1. The number of nitrogens with zero attached hydrogens (tertiary/aromatic N) is 4. The van der Waals surface area contributed by atoms with E-state index in [2.05, 4.69) is 38.8 Å². The molecule has 214 valence electrons. The van der Waals surface area contributed by atoms with Crippen LogP contribution in [0.4, 0.5) is 8.78 Å². The minimum Gasteiger partial charge on any atom is -0.348 e. The lowest BCUT2D eigenvalue weighted by atomic mass is 9.86. The molecule has 2 saturated heterocycles. The molecule has 1 unspecified atom stereocenters. The molecule has 3 aliphatic rings. The standard InChI is InChI=1S/C29H41F2N5O2S/c1-17(2)27-34-33-19(4)36(27)23-15-21-5-6-22(16-23)35(21)14-11-24(26-8-7-25(39-26)18(3)37)32-28(38)20-9-12-29(30,31)13-10-20/h7-8,17,20-24H,5-6,9-16H2,1-4H3,(H,32,38)/t21-,22+,23?,24-/m0/s1. The zero-order valence-corrected chi connectivity index (χ0v) is 24.3. The number of aryl methyl sites for hydroxylation is 1. The summed E-state index contributed by atoms with van der Waals surface area (Å²) in [6.07, 6.45) is 5.16. The van der Waals surface area contributed by atoms with Gasteiger partial charge >= 0.3 is 0 Å².